The molecule has 0 radical (unpaired) electrons. The minimum atomic E-state index is 0.481. The summed E-state index contributed by atoms with van der Waals surface area (Å²) in [5.41, 5.74) is 1.77. The summed E-state index contributed by atoms with van der Waals surface area (Å²) < 4.78 is 0. The predicted octanol–water partition coefficient (Wildman–Crippen LogP) is 4.28. The molecule has 1 heterocycles. The molecular formula is C19H24N6. The van der Waals surface area contributed by atoms with Crippen LogP contribution in [-0.2, 0) is 0 Å². The smallest absolute Gasteiger partial charge is 0.232 e. The molecule has 0 saturated carbocycles. The zero-order valence-electron chi connectivity index (χ0n) is 14.7. The van der Waals surface area contributed by atoms with Crippen LogP contribution in [0.3, 0.4) is 0 Å². The number of allylic oxidation sites excluding steroid dienone is 2. The van der Waals surface area contributed by atoms with E-state index in [2.05, 4.69) is 44.2 Å². The Morgan fingerprint density at radius 1 is 1.16 bits per heavy atom. The van der Waals surface area contributed by atoms with E-state index in [1.165, 1.54) is 0 Å². The average Bonchev–Trinajstić information content (AvgIpc) is 2.66. The highest BCUT2D eigenvalue weighted by molar-refractivity contribution is 5.58. The maximum Gasteiger partial charge on any atom is 0.232 e. The van der Waals surface area contributed by atoms with Gasteiger partial charge in [0.05, 0.1) is 0 Å². The Bertz CT molecular complexity index is 737. The van der Waals surface area contributed by atoms with Crippen LogP contribution >= 0.6 is 0 Å². The van der Waals surface area contributed by atoms with Crippen LogP contribution in [0.25, 0.3) is 11.4 Å². The van der Waals surface area contributed by atoms with E-state index in [0.717, 1.165) is 30.6 Å². The molecule has 0 amide bonds. The number of hydrogen-bond donors (Lipinski definition) is 2. The van der Waals surface area contributed by atoms with Crippen molar-refractivity contribution in [1.29, 1.82) is 0 Å². The molecule has 130 valence electrons. The highest BCUT2D eigenvalue weighted by atomic mass is 15.2. The van der Waals surface area contributed by atoms with Crippen LogP contribution in [0, 0.1) is 0 Å². The van der Waals surface area contributed by atoms with E-state index in [4.69, 9.17) is 0 Å². The van der Waals surface area contributed by atoms with Gasteiger partial charge in [-0.05, 0) is 26.1 Å². The number of rotatable bonds is 9. The van der Waals surface area contributed by atoms with Crippen LogP contribution in [0.15, 0.2) is 59.4 Å². The third kappa shape index (κ3) is 5.84. The second kappa shape index (κ2) is 9.97. The van der Waals surface area contributed by atoms with Gasteiger partial charge in [0, 0.05) is 24.0 Å². The molecule has 1 aromatic heterocycles. The summed E-state index contributed by atoms with van der Waals surface area (Å²) in [7, 11) is 0. The Hall–Kier alpha value is -3.02. The number of aliphatic imine (C=N–C) groups is 1. The fourth-order valence-electron chi connectivity index (χ4n) is 2.08. The van der Waals surface area contributed by atoms with Gasteiger partial charge in [-0.15, -0.1) is 0 Å². The molecular weight excluding hydrogens is 312 g/mol. The van der Waals surface area contributed by atoms with E-state index in [0.29, 0.717) is 17.7 Å². The average molecular weight is 336 g/mol. The van der Waals surface area contributed by atoms with E-state index >= 15 is 0 Å². The van der Waals surface area contributed by atoms with Crippen molar-refractivity contribution in [2.24, 2.45) is 4.99 Å². The number of nitrogens with zero attached hydrogens (tertiary/aromatic N) is 4. The number of benzene rings is 1. The van der Waals surface area contributed by atoms with Gasteiger partial charge >= 0.3 is 0 Å². The van der Waals surface area contributed by atoms with Gasteiger partial charge in [-0.1, -0.05) is 49.8 Å². The molecule has 0 fully saturated rings. The fourth-order valence-corrected chi connectivity index (χ4v) is 2.08. The summed E-state index contributed by atoms with van der Waals surface area (Å²) in [4.78, 5) is 17.2. The van der Waals surface area contributed by atoms with Crippen molar-refractivity contribution >= 4 is 18.6 Å². The molecule has 0 saturated heterocycles. The second-order valence-corrected chi connectivity index (χ2v) is 5.32. The summed E-state index contributed by atoms with van der Waals surface area (Å²) in [6.07, 6.45) is 7.50. The lowest BCUT2D eigenvalue weighted by Gasteiger charge is -2.10. The van der Waals surface area contributed by atoms with Crippen LogP contribution in [-0.4, -0.2) is 28.2 Å². The van der Waals surface area contributed by atoms with Crippen molar-refractivity contribution in [2.75, 3.05) is 17.2 Å². The van der Waals surface area contributed by atoms with Gasteiger partial charge in [0.1, 0.15) is 0 Å². The summed E-state index contributed by atoms with van der Waals surface area (Å²) in [5, 5.41) is 6.45. The van der Waals surface area contributed by atoms with Crippen LogP contribution in [0.1, 0.15) is 26.7 Å². The molecule has 0 aliphatic heterocycles. The predicted molar refractivity (Wildman–Crippen MR) is 105 cm³/mol. The first-order chi connectivity index (χ1) is 12.3. The number of unbranched alkanes of at least 4 members (excludes halogenated alkanes) is 1. The Morgan fingerprint density at radius 3 is 2.60 bits per heavy atom. The lowest BCUT2D eigenvalue weighted by atomic mass is 10.2. The highest BCUT2D eigenvalue weighted by Crippen LogP contribution is 2.18. The molecule has 25 heavy (non-hydrogen) atoms. The molecule has 0 aliphatic carbocycles. The third-order valence-corrected chi connectivity index (χ3v) is 3.41. The minimum Gasteiger partial charge on any atom is -0.354 e. The molecule has 2 rings (SSSR count). The maximum absolute atomic E-state index is 4.53. The van der Waals surface area contributed by atoms with Crippen LogP contribution in [0.2, 0.25) is 0 Å². The topological polar surface area (TPSA) is 75.1 Å². The van der Waals surface area contributed by atoms with Gasteiger partial charge < -0.3 is 10.6 Å². The van der Waals surface area contributed by atoms with E-state index in [1.54, 1.807) is 6.20 Å². The summed E-state index contributed by atoms with van der Waals surface area (Å²) in [6, 6.07) is 9.86. The zero-order chi connectivity index (χ0) is 17.9. The van der Waals surface area contributed by atoms with Crippen LogP contribution in [0.4, 0.5) is 11.9 Å². The molecule has 6 nitrogen and oxygen atoms in total. The van der Waals surface area contributed by atoms with Gasteiger partial charge in [0.2, 0.25) is 11.9 Å². The summed E-state index contributed by atoms with van der Waals surface area (Å²) in [5.74, 6) is 1.67. The Balaban J connectivity index is 2.32. The van der Waals surface area contributed by atoms with Gasteiger partial charge in [-0.2, -0.15) is 15.0 Å². The first kappa shape index (κ1) is 18.3. The Labute approximate surface area is 148 Å². The van der Waals surface area contributed by atoms with Gasteiger partial charge in [-0.3, -0.25) is 4.99 Å². The number of nitrogens with one attached hydrogen (secondary N) is 2. The molecule has 0 unspecified atom stereocenters. The second-order valence-electron chi connectivity index (χ2n) is 5.32. The molecule has 1 aromatic carbocycles. The largest absolute Gasteiger partial charge is 0.354 e. The lowest BCUT2D eigenvalue weighted by molar-refractivity contribution is 0.825. The molecule has 2 N–H and O–H groups in total. The quantitative estimate of drug-likeness (QED) is 0.406. The highest BCUT2D eigenvalue weighted by Gasteiger charge is 2.08. The first-order valence-electron chi connectivity index (χ1n) is 8.38. The first-order valence-corrected chi connectivity index (χ1v) is 8.38. The van der Waals surface area contributed by atoms with E-state index in [9.17, 15) is 0 Å². The van der Waals surface area contributed by atoms with Gasteiger partial charge in [-0.25, -0.2) is 0 Å². The number of aromatic nitrogens is 3. The molecule has 0 aliphatic rings. The van der Waals surface area contributed by atoms with Crippen LogP contribution in [0.5, 0.6) is 0 Å². The maximum atomic E-state index is 4.53. The Kier molecular flexibility index (Phi) is 7.31. The van der Waals surface area contributed by atoms with Crippen molar-refractivity contribution < 1.29 is 0 Å². The van der Waals surface area contributed by atoms with Crippen molar-refractivity contribution in [2.45, 2.75) is 26.7 Å². The van der Waals surface area contributed by atoms with E-state index < -0.39 is 0 Å². The van der Waals surface area contributed by atoms with Crippen molar-refractivity contribution in [3.8, 4) is 11.4 Å². The van der Waals surface area contributed by atoms with Crippen molar-refractivity contribution in [3.05, 3.63) is 54.4 Å². The number of hydrogen-bond acceptors (Lipinski definition) is 6. The van der Waals surface area contributed by atoms with Crippen molar-refractivity contribution in [1.82, 2.24) is 15.0 Å². The molecule has 0 bridgehead atoms. The lowest BCUT2D eigenvalue weighted by Crippen LogP contribution is -2.10. The molecule has 6 heteroatoms. The standard InChI is InChI=1S/C19H24N6/c1-4-6-13-21-18-23-17(15-10-8-7-9-11-15)24-19(25-18)22-16(5-2)12-14-20-3/h5,7-12,14H,3-4,6,13H2,1-2H3,(H2,21,22,23,24,25)/b14-12-,16-5+. The van der Waals surface area contributed by atoms with Crippen molar-refractivity contribution in [3.63, 3.8) is 0 Å². The van der Waals surface area contributed by atoms with E-state index in [1.807, 2.05) is 49.4 Å². The molecule has 0 spiro atoms. The number of anilines is 2. The summed E-state index contributed by atoms with van der Waals surface area (Å²) in [6.45, 7) is 8.34. The van der Waals surface area contributed by atoms with Crippen LogP contribution < -0.4 is 10.6 Å². The molecule has 2 aromatic rings. The summed E-state index contributed by atoms with van der Waals surface area (Å²) >= 11 is 0. The molecule has 0 atom stereocenters. The van der Waals surface area contributed by atoms with Gasteiger partial charge in [0.15, 0.2) is 5.82 Å². The fraction of sp³-hybridized carbons (Fsp3) is 0.263. The monoisotopic (exact) mass is 336 g/mol. The SMILES string of the molecule is C=N/C=C\C(=C/C)Nc1nc(NCCCC)nc(-c2ccccc2)n1. The third-order valence-electron chi connectivity index (χ3n) is 3.41. The van der Waals surface area contributed by atoms with Gasteiger partial charge in [0.25, 0.3) is 0 Å². The Morgan fingerprint density at radius 2 is 1.92 bits per heavy atom. The minimum absolute atomic E-state index is 0.481. The normalized spacial score (nSPS) is 11.5. The van der Waals surface area contributed by atoms with E-state index in [-0.39, 0.29) is 0 Å². The zero-order valence-corrected chi connectivity index (χ0v) is 14.7.